The van der Waals surface area contributed by atoms with Gasteiger partial charge in [0.15, 0.2) is 0 Å². The molecule has 0 bridgehead atoms. The monoisotopic (exact) mass is 253 g/mol. The van der Waals surface area contributed by atoms with Crippen LogP contribution in [0.5, 0.6) is 0 Å². The summed E-state index contributed by atoms with van der Waals surface area (Å²) in [6.45, 7) is 3.78. The van der Waals surface area contributed by atoms with Crippen molar-refractivity contribution in [2.45, 2.75) is 20.0 Å². The topological polar surface area (TPSA) is 50.4 Å². The third kappa shape index (κ3) is 1.90. The number of imidazole rings is 1. The first kappa shape index (κ1) is 11.9. The number of fused-ring (bicyclic) bond motifs is 1. The van der Waals surface area contributed by atoms with Crippen molar-refractivity contribution in [3.63, 3.8) is 0 Å². The van der Waals surface area contributed by atoms with E-state index in [0.717, 1.165) is 28.3 Å². The average molecular weight is 253 g/mol. The zero-order valence-corrected chi connectivity index (χ0v) is 10.9. The van der Waals surface area contributed by atoms with Gasteiger partial charge in [0.2, 0.25) is 0 Å². The van der Waals surface area contributed by atoms with Crippen LogP contribution < -0.4 is 0 Å². The Morgan fingerprint density at radius 3 is 2.58 bits per heavy atom. The lowest BCUT2D eigenvalue weighted by atomic mass is 10.1. The summed E-state index contributed by atoms with van der Waals surface area (Å²) in [6.07, 6.45) is 2.88. The van der Waals surface area contributed by atoms with Gasteiger partial charge in [-0.2, -0.15) is 0 Å². The molecule has 4 nitrogen and oxygen atoms in total. The SMILES string of the molecule is Cc1cccc2nc(-c3ccncc3)c(C(C)O)n12. The van der Waals surface area contributed by atoms with E-state index < -0.39 is 6.10 Å². The molecule has 0 aliphatic rings. The molecular weight excluding hydrogens is 238 g/mol. The molecule has 0 aliphatic carbocycles. The summed E-state index contributed by atoms with van der Waals surface area (Å²) >= 11 is 0. The first-order valence-electron chi connectivity index (χ1n) is 6.25. The Hall–Kier alpha value is -2.20. The lowest BCUT2D eigenvalue weighted by molar-refractivity contribution is 0.194. The summed E-state index contributed by atoms with van der Waals surface area (Å²) < 4.78 is 2.00. The normalized spacial score (nSPS) is 12.8. The van der Waals surface area contributed by atoms with Crippen LogP contribution in [0.1, 0.15) is 24.4 Å². The summed E-state index contributed by atoms with van der Waals surface area (Å²) in [4.78, 5) is 8.66. The van der Waals surface area contributed by atoms with E-state index >= 15 is 0 Å². The third-order valence-electron chi connectivity index (χ3n) is 3.22. The Kier molecular flexibility index (Phi) is 2.80. The highest BCUT2D eigenvalue weighted by Gasteiger charge is 2.18. The van der Waals surface area contributed by atoms with Crippen LogP contribution in [0.2, 0.25) is 0 Å². The molecule has 0 aliphatic heterocycles. The number of aryl methyl sites for hydroxylation is 1. The molecule has 96 valence electrons. The minimum Gasteiger partial charge on any atom is -0.387 e. The predicted molar refractivity (Wildman–Crippen MR) is 73.8 cm³/mol. The van der Waals surface area contributed by atoms with Gasteiger partial charge in [-0.1, -0.05) is 6.07 Å². The Morgan fingerprint density at radius 2 is 1.89 bits per heavy atom. The van der Waals surface area contributed by atoms with Crippen molar-refractivity contribution in [1.82, 2.24) is 14.4 Å². The molecule has 0 radical (unpaired) electrons. The number of aromatic nitrogens is 3. The molecule has 1 N–H and O–H groups in total. The Bertz CT molecular complexity index is 717. The first-order valence-corrected chi connectivity index (χ1v) is 6.25. The summed E-state index contributed by atoms with van der Waals surface area (Å²) in [5.41, 5.74) is 4.50. The average Bonchev–Trinajstić information content (AvgIpc) is 2.81. The quantitative estimate of drug-likeness (QED) is 0.764. The molecule has 1 atom stereocenters. The van der Waals surface area contributed by atoms with Crippen LogP contribution in [-0.2, 0) is 0 Å². The van der Waals surface area contributed by atoms with Crippen LogP contribution in [0.25, 0.3) is 16.9 Å². The predicted octanol–water partition coefficient (Wildman–Crippen LogP) is 2.76. The van der Waals surface area contributed by atoms with Gasteiger partial charge in [0.05, 0.1) is 17.5 Å². The number of rotatable bonds is 2. The van der Waals surface area contributed by atoms with Crippen molar-refractivity contribution in [2.24, 2.45) is 0 Å². The second kappa shape index (κ2) is 4.48. The molecule has 4 heteroatoms. The maximum atomic E-state index is 10.1. The van der Waals surface area contributed by atoms with E-state index in [0.29, 0.717) is 0 Å². The van der Waals surface area contributed by atoms with Crippen LogP contribution >= 0.6 is 0 Å². The second-order valence-corrected chi connectivity index (χ2v) is 4.62. The van der Waals surface area contributed by atoms with Crippen LogP contribution in [0.15, 0.2) is 42.7 Å². The molecule has 1 unspecified atom stereocenters. The van der Waals surface area contributed by atoms with Crippen LogP contribution in [0.4, 0.5) is 0 Å². The van der Waals surface area contributed by atoms with E-state index in [4.69, 9.17) is 0 Å². The van der Waals surface area contributed by atoms with Crippen LogP contribution in [0, 0.1) is 6.92 Å². The third-order valence-corrected chi connectivity index (χ3v) is 3.22. The van der Waals surface area contributed by atoms with E-state index in [-0.39, 0.29) is 0 Å². The van der Waals surface area contributed by atoms with E-state index in [1.54, 1.807) is 19.3 Å². The van der Waals surface area contributed by atoms with E-state index in [1.807, 2.05) is 41.7 Å². The number of aliphatic hydroxyl groups excluding tert-OH is 1. The first-order chi connectivity index (χ1) is 9.18. The standard InChI is InChI=1S/C15H15N3O/c1-10-4-3-5-13-17-14(12-6-8-16-9-7-12)15(11(2)19)18(10)13/h3-9,11,19H,1-2H3. The highest BCUT2D eigenvalue weighted by atomic mass is 16.3. The smallest absolute Gasteiger partial charge is 0.137 e. The molecule has 0 aromatic carbocycles. The van der Waals surface area contributed by atoms with Crippen LogP contribution in [-0.4, -0.2) is 19.5 Å². The van der Waals surface area contributed by atoms with Crippen molar-refractivity contribution in [3.8, 4) is 11.3 Å². The van der Waals surface area contributed by atoms with Crippen molar-refractivity contribution in [1.29, 1.82) is 0 Å². The lowest BCUT2D eigenvalue weighted by Crippen LogP contribution is -2.02. The highest BCUT2D eigenvalue weighted by Crippen LogP contribution is 2.29. The van der Waals surface area contributed by atoms with Gasteiger partial charge in [-0.05, 0) is 38.1 Å². The minimum atomic E-state index is -0.584. The van der Waals surface area contributed by atoms with Gasteiger partial charge in [0.1, 0.15) is 5.65 Å². The van der Waals surface area contributed by atoms with Crippen LogP contribution in [0.3, 0.4) is 0 Å². The number of pyridine rings is 2. The van der Waals surface area contributed by atoms with Crippen molar-refractivity contribution in [2.75, 3.05) is 0 Å². The molecule has 0 saturated carbocycles. The second-order valence-electron chi connectivity index (χ2n) is 4.62. The van der Waals surface area contributed by atoms with Gasteiger partial charge in [-0.15, -0.1) is 0 Å². The van der Waals surface area contributed by atoms with Gasteiger partial charge < -0.3 is 5.11 Å². The molecular formula is C15H15N3O. The Morgan fingerprint density at radius 1 is 1.16 bits per heavy atom. The molecule has 3 rings (SSSR count). The van der Waals surface area contributed by atoms with Gasteiger partial charge in [-0.3, -0.25) is 9.38 Å². The minimum absolute atomic E-state index is 0.584. The summed E-state index contributed by atoms with van der Waals surface area (Å²) in [5, 5.41) is 10.1. The molecule has 3 aromatic heterocycles. The van der Waals surface area contributed by atoms with Gasteiger partial charge in [0.25, 0.3) is 0 Å². The molecule has 0 amide bonds. The number of hydrogen-bond acceptors (Lipinski definition) is 3. The molecule has 3 aromatic rings. The fraction of sp³-hybridized carbons (Fsp3) is 0.200. The number of hydrogen-bond donors (Lipinski definition) is 1. The van der Waals surface area contributed by atoms with E-state index in [2.05, 4.69) is 9.97 Å². The van der Waals surface area contributed by atoms with E-state index in [9.17, 15) is 5.11 Å². The zero-order chi connectivity index (χ0) is 13.4. The lowest BCUT2D eigenvalue weighted by Gasteiger charge is -2.09. The highest BCUT2D eigenvalue weighted by molar-refractivity contribution is 5.67. The van der Waals surface area contributed by atoms with Gasteiger partial charge in [0, 0.05) is 23.7 Å². The largest absolute Gasteiger partial charge is 0.387 e. The van der Waals surface area contributed by atoms with Crippen molar-refractivity contribution >= 4 is 5.65 Å². The molecule has 3 heterocycles. The molecule has 0 spiro atoms. The van der Waals surface area contributed by atoms with E-state index in [1.165, 1.54) is 0 Å². The maximum Gasteiger partial charge on any atom is 0.137 e. The fourth-order valence-electron chi connectivity index (χ4n) is 2.39. The number of nitrogens with zero attached hydrogens (tertiary/aromatic N) is 3. The summed E-state index contributed by atoms with van der Waals surface area (Å²) in [7, 11) is 0. The molecule has 0 saturated heterocycles. The number of aliphatic hydroxyl groups is 1. The fourth-order valence-corrected chi connectivity index (χ4v) is 2.39. The van der Waals surface area contributed by atoms with Gasteiger partial charge >= 0.3 is 0 Å². The maximum absolute atomic E-state index is 10.1. The zero-order valence-electron chi connectivity index (χ0n) is 10.9. The van der Waals surface area contributed by atoms with Gasteiger partial charge in [-0.25, -0.2) is 4.98 Å². The Balaban J connectivity index is 2.37. The van der Waals surface area contributed by atoms with Crippen molar-refractivity contribution in [3.05, 3.63) is 54.1 Å². The van der Waals surface area contributed by atoms with Crippen molar-refractivity contribution < 1.29 is 5.11 Å². The summed E-state index contributed by atoms with van der Waals surface area (Å²) in [6, 6.07) is 9.74. The molecule has 19 heavy (non-hydrogen) atoms. The Labute approximate surface area is 111 Å². The molecule has 0 fully saturated rings. The summed E-state index contributed by atoms with van der Waals surface area (Å²) in [5.74, 6) is 0.